The summed E-state index contributed by atoms with van der Waals surface area (Å²) in [5, 5.41) is 0. The Morgan fingerprint density at radius 1 is 1.07 bits per heavy atom. The van der Waals surface area contributed by atoms with Crippen molar-refractivity contribution in [3.8, 4) is 11.5 Å². The maximum Gasteiger partial charge on any atom is 0.416 e. The van der Waals surface area contributed by atoms with Crippen LogP contribution in [-0.2, 0) is 32.3 Å². The molecule has 1 aliphatic rings. The van der Waals surface area contributed by atoms with Crippen molar-refractivity contribution in [3.05, 3.63) is 53.6 Å². The predicted molar refractivity (Wildman–Crippen MR) is 98.5 cm³/mol. The van der Waals surface area contributed by atoms with E-state index in [0.29, 0.717) is 25.4 Å². The van der Waals surface area contributed by atoms with Crippen LogP contribution in [0.2, 0.25) is 0 Å². The number of carbonyl (C=O) groups is 1. The summed E-state index contributed by atoms with van der Waals surface area (Å²) in [6.07, 6.45) is -3.86. The third-order valence-electron chi connectivity index (χ3n) is 4.09. The summed E-state index contributed by atoms with van der Waals surface area (Å²) in [4.78, 5) is 11.7. The van der Waals surface area contributed by atoms with Crippen LogP contribution in [0.1, 0.15) is 17.5 Å². The molecule has 0 amide bonds. The molecule has 30 heavy (non-hydrogen) atoms. The highest BCUT2D eigenvalue weighted by molar-refractivity contribution is 7.89. The largest absolute Gasteiger partial charge is 0.490 e. The highest BCUT2D eigenvalue weighted by Crippen LogP contribution is 2.32. The zero-order valence-corrected chi connectivity index (χ0v) is 16.4. The number of ether oxygens (including phenoxy) is 3. The number of rotatable bonds is 6. The Labute approximate surface area is 170 Å². The van der Waals surface area contributed by atoms with E-state index in [1.54, 1.807) is 0 Å². The van der Waals surface area contributed by atoms with Crippen molar-refractivity contribution in [1.82, 2.24) is 4.72 Å². The molecule has 1 aliphatic heterocycles. The quantitative estimate of drug-likeness (QED) is 0.688. The van der Waals surface area contributed by atoms with Crippen LogP contribution in [-0.4, -0.2) is 34.1 Å². The molecule has 0 aromatic heterocycles. The number of alkyl halides is 3. The SMILES string of the molecule is O=C(CNS(=O)(=O)c1ccc2c(c1)OCCCO2)OCc1cccc(C(F)(F)F)c1. The topological polar surface area (TPSA) is 90.9 Å². The standard InChI is InChI=1S/C19H18F3NO6S/c20-19(21,22)14-4-1-3-13(9-14)12-29-18(24)11-23-30(25,26)15-5-6-16-17(10-15)28-8-2-7-27-16/h1,3-6,9-10,23H,2,7-8,11-12H2. The molecule has 7 nitrogen and oxygen atoms in total. The number of halogens is 3. The molecule has 0 aliphatic carbocycles. The summed E-state index contributed by atoms with van der Waals surface area (Å²) in [5.74, 6) is -0.236. The highest BCUT2D eigenvalue weighted by atomic mass is 32.2. The summed E-state index contributed by atoms with van der Waals surface area (Å²) in [6, 6.07) is 8.37. The lowest BCUT2D eigenvalue weighted by Gasteiger charge is -2.11. The minimum absolute atomic E-state index is 0.127. The van der Waals surface area contributed by atoms with Gasteiger partial charge in [0, 0.05) is 12.5 Å². The first-order valence-electron chi connectivity index (χ1n) is 8.86. The van der Waals surface area contributed by atoms with Gasteiger partial charge in [0.15, 0.2) is 11.5 Å². The lowest BCUT2D eigenvalue weighted by atomic mass is 10.1. The number of esters is 1. The molecule has 11 heteroatoms. The Balaban J connectivity index is 1.57. The average molecular weight is 445 g/mol. The molecule has 3 rings (SSSR count). The van der Waals surface area contributed by atoms with E-state index >= 15 is 0 Å². The molecule has 1 N–H and O–H groups in total. The van der Waals surface area contributed by atoms with Gasteiger partial charge in [0.25, 0.3) is 0 Å². The van der Waals surface area contributed by atoms with E-state index in [0.717, 1.165) is 12.1 Å². The molecular weight excluding hydrogens is 427 g/mol. The number of sulfonamides is 1. The Morgan fingerprint density at radius 3 is 2.53 bits per heavy atom. The first kappa shape index (κ1) is 21.9. The van der Waals surface area contributed by atoms with Gasteiger partial charge in [-0.3, -0.25) is 4.79 Å². The molecule has 0 saturated carbocycles. The highest BCUT2D eigenvalue weighted by Gasteiger charge is 2.30. The molecule has 0 unspecified atom stereocenters. The van der Waals surface area contributed by atoms with Crippen LogP contribution < -0.4 is 14.2 Å². The Bertz CT molecular complexity index is 1020. The van der Waals surface area contributed by atoms with Gasteiger partial charge in [-0.05, 0) is 29.8 Å². The van der Waals surface area contributed by atoms with Crippen LogP contribution in [0.4, 0.5) is 13.2 Å². The van der Waals surface area contributed by atoms with Crippen LogP contribution in [0.25, 0.3) is 0 Å². The van der Waals surface area contributed by atoms with Gasteiger partial charge >= 0.3 is 12.1 Å². The maximum absolute atomic E-state index is 12.7. The predicted octanol–water partition coefficient (Wildman–Crippen LogP) is 2.89. The second-order valence-corrected chi connectivity index (χ2v) is 8.11. The molecule has 0 spiro atoms. The lowest BCUT2D eigenvalue weighted by molar-refractivity contribution is -0.143. The van der Waals surface area contributed by atoms with E-state index in [2.05, 4.69) is 4.72 Å². The number of nitrogens with one attached hydrogen (secondary N) is 1. The van der Waals surface area contributed by atoms with Crippen LogP contribution in [0.5, 0.6) is 11.5 Å². The van der Waals surface area contributed by atoms with E-state index in [9.17, 15) is 26.4 Å². The molecule has 0 radical (unpaired) electrons. The molecule has 162 valence electrons. The number of hydrogen-bond acceptors (Lipinski definition) is 6. The van der Waals surface area contributed by atoms with Gasteiger partial charge in [-0.2, -0.15) is 17.9 Å². The minimum Gasteiger partial charge on any atom is -0.490 e. The summed E-state index contributed by atoms with van der Waals surface area (Å²) in [6.45, 7) is -0.273. The van der Waals surface area contributed by atoms with E-state index < -0.39 is 40.9 Å². The van der Waals surface area contributed by atoms with E-state index in [1.165, 1.54) is 30.3 Å². The smallest absolute Gasteiger partial charge is 0.416 e. The average Bonchev–Trinajstić information content (AvgIpc) is 2.95. The van der Waals surface area contributed by atoms with Crippen LogP contribution in [0.15, 0.2) is 47.4 Å². The monoisotopic (exact) mass is 445 g/mol. The van der Waals surface area contributed by atoms with Crippen LogP contribution in [0.3, 0.4) is 0 Å². The number of benzene rings is 2. The van der Waals surface area contributed by atoms with Crippen molar-refractivity contribution in [2.24, 2.45) is 0 Å². The maximum atomic E-state index is 12.7. The van der Waals surface area contributed by atoms with Crippen molar-refractivity contribution in [2.75, 3.05) is 19.8 Å². The van der Waals surface area contributed by atoms with Crippen molar-refractivity contribution >= 4 is 16.0 Å². The molecule has 2 aromatic rings. The Hall–Kier alpha value is -2.79. The van der Waals surface area contributed by atoms with Gasteiger partial charge in [-0.25, -0.2) is 8.42 Å². The van der Waals surface area contributed by atoms with Gasteiger partial charge in [0.2, 0.25) is 10.0 Å². The second-order valence-electron chi connectivity index (χ2n) is 6.34. The van der Waals surface area contributed by atoms with E-state index in [1.807, 2.05) is 0 Å². The van der Waals surface area contributed by atoms with E-state index in [4.69, 9.17) is 14.2 Å². The molecular formula is C19H18F3NO6S. The zero-order chi connectivity index (χ0) is 21.8. The Kier molecular flexibility index (Phi) is 6.52. The third kappa shape index (κ3) is 5.63. The fourth-order valence-electron chi connectivity index (χ4n) is 2.60. The summed E-state index contributed by atoms with van der Waals surface area (Å²) in [5.41, 5.74) is -0.741. The summed E-state index contributed by atoms with van der Waals surface area (Å²) < 4.78 is 80.7. The lowest BCUT2D eigenvalue weighted by Crippen LogP contribution is -2.30. The fraction of sp³-hybridized carbons (Fsp3) is 0.316. The number of hydrogen-bond donors (Lipinski definition) is 1. The van der Waals surface area contributed by atoms with Crippen LogP contribution >= 0.6 is 0 Å². The normalized spacial score (nSPS) is 14.1. The summed E-state index contributed by atoms with van der Waals surface area (Å²) >= 11 is 0. The van der Waals surface area contributed by atoms with Crippen molar-refractivity contribution in [2.45, 2.75) is 24.1 Å². The second kappa shape index (κ2) is 8.92. The third-order valence-corrected chi connectivity index (χ3v) is 5.49. The molecule has 0 atom stereocenters. The number of carbonyl (C=O) groups excluding carboxylic acids is 1. The van der Waals surface area contributed by atoms with Crippen molar-refractivity contribution < 1.29 is 40.6 Å². The van der Waals surface area contributed by atoms with Gasteiger partial charge in [-0.1, -0.05) is 12.1 Å². The molecule has 1 heterocycles. The van der Waals surface area contributed by atoms with Gasteiger partial charge < -0.3 is 14.2 Å². The molecule has 2 aromatic carbocycles. The van der Waals surface area contributed by atoms with Crippen molar-refractivity contribution in [1.29, 1.82) is 0 Å². The molecule has 0 saturated heterocycles. The van der Waals surface area contributed by atoms with E-state index in [-0.39, 0.29) is 16.2 Å². The number of fused-ring (bicyclic) bond motifs is 1. The molecule has 0 bridgehead atoms. The first-order valence-corrected chi connectivity index (χ1v) is 10.3. The Morgan fingerprint density at radius 2 is 1.80 bits per heavy atom. The first-order chi connectivity index (χ1) is 14.1. The van der Waals surface area contributed by atoms with Crippen LogP contribution in [0, 0.1) is 0 Å². The molecule has 0 fully saturated rings. The van der Waals surface area contributed by atoms with Crippen molar-refractivity contribution in [3.63, 3.8) is 0 Å². The summed E-state index contributed by atoms with van der Waals surface area (Å²) in [7, 11) is -4.04. The van der Waals surface area contributed by atoms with Gasteiger partial charge in [-0.15, -0.1) is 0 Å². The fourth-order valence-corrected chi connectivity index (χ4v) is 3.58. The minimum atomic E-state index is -4.52. The van der Waals surface area contributed by atoms with Gasteiger partial charge in [0.05, 0.1) is 23.7 Å². The van der Waals surface area contributed by atoms with Gasteiger partial charge in [0.1, 0.15) is 13.2 Å². The zero-order valence-electron chi connectivity index (χ0n) is 15.6.